The quantitative estimate of drug-likeness (QED) is 0.908. The summed E-state index contributed by atoms with van der Waals surface area (Å²) in [5.41, 5.74) is 3.13. The number of amides is 1. The zero-order chi connectivity index (χ0) is 14.0. The largest absolute Gasteiger partial charge is 0.388 e. The number of hydrogen-bond acceptors (Lipinski definition) is 2. The third-order valence-electron chi connectivity index (χ3n) is 3.76. The predicted molar refractivity (Wildman–Crippen MR) is 77.2 cm³/mol. The second-order valence-electron chi connectivity index (χ2n) is 5.84. The molecule has 1 aliphatic rings. The molecule has 1 aromatic rings. The fourth-order valence-corrected chi connectivity index (χ4v) is 2.65. The number of aliphatic hydroxyl groups is 1. The highest BCUT2D eigenvalue weighted by molar-refractivity contribution is 5.94. The van der Waals surface area contributed by atoms with Gasteiger partial charge in [-0.15, -0.1) is 0 Å². The molecule has 1 amide bonds. The summed E-state index contributed by atoms with van der Waals surface area (Å²) in [6, 6.07) is 5.98. The third kappa shape index (κ3) is 3.16. The van der Waals surface area contributed by atoms with Gasteiger partial charge in [0, 0.05) is 19.2 Å². The van der Waals surface area contributed by atoms with Gasteiger partial charge in [0.05, 0.1) is 6.10 Å². The Bertz CT molecular complexity index is 468. The van der Waals surface area contributed by atoms with Crippen LogP contribution < -0.4 is 4.90 Å². The van der Waals surface area contributed by atoms with Crippen LogP contribution in [-0.4, -0.2) is 18.1 Å². The van der Waals surface area contributed by atoms with Gasteiger partial charge in [0.1, 0.15) is 0 Å². The maximum Gasteiger partial charge on any atom is 0.226 e. The van der Waals surface area contributed by atoms with Crippen molar-refractivity contribution in [1.82, 2.24) is 0 Å². The first-order valence-corrected chi connectivity index (χ1v) is 7.06. The van der Waals surface area contributed by atoms with Gasteiger partial charge in [0.15, 0.2) is 0 Å². The molecule has 1 aliphatic heterocycles. The molecule has 1 aromatic carbocycles. The molecule has 0 saturated carbocycles. The van der Waals surface area contributed by atoms with E-state index in [1.54, 1.807) is 4.90 Å². The van der Waals surface area contributed by atoms with E-state index in [-0.39, 0.29) is 5.91 Å². The lowest BCUT2D eigenvalue weighted by Crippen LogP contribution is -2.25. The van der Waals surface area contributed by atoms with Crippen LogP contribution in [0.3, 0.4) is 0 Å². The Balaban J connectivity index is 2.28. The summed E-state index contributed by atoms with van der Waals surface area (Å²) in [5.74, 6) is 0.646. The van der Waals surface area contributed by atoms with E-state index < -0.39 is 6.10 Å². The van der Waals surface area contributed by atoms with Crippen LogP contribution in [0.4, 0.5) is 5.69 Å². The first-order valence-electron chi connectivity index (χ1n) is 7.06. The molecule has 0 fully saturated rings. The van der Waals surface area contributed by atoms with Crippen molar-refractivity contribution >= 4 is 11.6 Å². The van der Waals surface area contributed by atoms with Gasteiger partial charge in [-0.2, -0.15) is 0 Å². The highest BCUT2D eigenvalue weighted by atomic mass is 16.3. The Morgan fingerprint density at radius 2 is 2.05 bits per heavy atom. The summed E-state index contributed by atoms with van der Waals surface area (Å²) in [5, 5.41) is 10.2. The van der Waals surface area contributed by atoms with Crippen LogP contribution in [0.5, 0.6) is 0 Å². The van der Waals surface area contributed by atoms with Crippen LogP contribution in [0.1, 0.15) is 50.3 Å². The molecule has 0 aliphatic carbocycles. The number of fused-ring (bicyclic) bond motifs is 1. The standard InChI is InChI=1S/C16H23NO2/c1-11(2)9-15(18)13-7-8-14-12(10-13)5-4-6-16(19)17(14)3/h7-8,10-11,15,18H,4-6,9H2,1-3H3. The Morgan fingerprint density at radius 1 is 1.32 bits per heavy atom. The van der Waals surface area contributed by atoms with Crippen LogP contribution >= 0.6 is 0 Å². The summed E-state index contributed by atoms with van der Waals surface area (Å²) >= 11 is 0. The molecule has 0 radical (unpaired) electrons. The Labute approximate surface area is 115 Å². The minimum Gasteiger partial charge on any atom is -0.388 e. The lowest BCUT2D eigenvalue weighted by molar-refractivity contribution is -0.118. The van der Waals surface area contributed by atoms with Crippen molar-refractivity contribution < 1.29 is 9.90 Å². The number of nitrogens with zero attached hydrogens (tertiary/aromatic N) is 1. The molecule has 1 heterocycles. The van der Waals surface area contributed by atoms with Gasteiger partial charge in [-0.3, -0.25) is 4.79 Å². The van der Waals surface area contributed by atoms with Gasteiger partial charge >= 0.3 is 0 Å². The SMILES string of the molecule is CC(C)CC(O)c1ccc2c(c1)CCCC(=O)N2C. The van der Waals surface area contributed by atoms with E-state index in [1.807, 2.05) is 19.2 Å². The van der Waals surface area contributed by atoms with E-state index in [1.165, 1.54) is 5.56 Å². The highest BCUT2D eigenvalue weighted by Crippen LogP contribution is 2.30. The smallest absolute Gasteiger partial charge is 0.226 e. The molecular formula is C16H23NO2. The Kier molecular flexibility index (Phi) is 4.25. The molecule has 0 aromatic heterocycles. The molecule has 1 unspecified atom stereocenters. The molecule has 3 heteroatoms. The molecule has 19 heavy (non-hydrogen) atoms. The lowest BCUT2D eigenvalue weighted by Gasteiger charge is -2.20. The molecule has 1 atom stereocenters. The van der Waals surface area contributed by atoms with E-state index in [4.69, 9.17) is 0 Å². The van der Waals surface area contributed by atoms with Crippen molar-refractivity contribution in [3.63, 3.8) is 0 Å². The van der Waals surface area contributed by atoms with Gasteiger partial charge in [0.2, 0.25) is 5.91 Å². The predicted octanol–water partition coefficient (Wildman–Crippen LogP) is 3.07. The van der Waals surface area contributed by atoms with Crippen molar-refractivity contribution in [2.75, 3.05) is 11.9 Å². The summed E-state index contributed by atoms with van der Waals surface area (Å²) in [6.45, 7) is 4.22. The van der Waals surface area contributed by atoms with E-state index in [9.17, 15) is 9.90 Å². The van der Waals surface area contributed by atoms with Gasteiger partial charge < -0.3 is 10.0 Å². The first kappa shape index (κ1) is 14.1. The van der Waals surface area contributed by atoms with Crippen LogP contribution in [0.25, 0.3) is 0 Å². The average Bonchev–Trinajstić information content (AvgIpc) is 2.49. The monoisotopic (exact) mass is 261 g/mol. The number of hydrogen-bond donors (Lipinski definition) is 1. The summed E-state index contributed by atoms with van der Waals surface area (Å²) in [7, 11) is 1.83. The second-order valence-corrected chi connectivity index (χ2v) is 5.84. The minimum absolute atomic E-state index is 0.175. The second kappa shape index (κ2) is 5.74. The molecule has 0 bridgehead atoms. The summed E-state index contributed by atoms with van der Waals surface area (Å²) < 4.78 is 0. The average molecular weight is 261 g/mol. The van der Waals surface area contributed by atoms with Gasteiger partial charge in [-0.05, 0) is 42.4 Å². The van der Waals surface area contributed by atoms with E-state index in [0.717, 1.165) is 30.5 Å². The fraction of sp³-hybridized carbons (Fsp3) is 0.562. The zero-order valence-corrected chi connectivity index (χ0v) is 12.0. The molecule has 3 nitrogen and oxygen atoms in total. The van der Waals surface area contributed by atoms with Crippen molar-refractivity contribution in [2.45, 2.75) is 45.6 Å². The molecule has 2 rings (SSSR count). The summed E-state index contributed by atoms with van der Waals surface area (Å²) in [6.07, 6.45) is 2.77. The fourth-order valence-electron chi connectivity index (χ4n) is 2.65. The number of aryl methyl sites for hydroxylation is 1. The van der Waals surface area contributed by atoms with Gasteiger partial charge in [-0.25, -0.2) is 0 Å². The maximum absolute atomic E-state index is 11.8. The van der Waals surface area contributed by atoms with Crippen LogP contribution in [0, 0.1) is 5.92 Å². The van der Waals surface area contributed by atoms with Gasteiger partial charge in [0.25, 0.3) is 0 Å². The normalized spacial score (nSPS) is 17.3. The number of benzene rings is 1. The number of aliphatic hydroxyl groups excluding tert-OH is 1. The highest BCUT2D eigenvalue weighted by Gasteiger charge is 2.20. The van der Waals surface area contributed by atoms with Crippen molar-refractivity contribution in [2.24, 2.45) is 5.92 Å². The maximum atomic E-state index is 11.8. The van der Waals surface area contributed by atoms with E-state index >= 15 is 0 Å². The minimum atomic E-state index is -0.408. The van der Waals surface area contributed by atoms with Crippen LogP contribution in [-0.2, 0) is 11.2 Å². The van der Waals surface area contributed by atoms with Gasteiger partial charge in [-0.1, -0.05) is 26.0 Å². The van der Waals surface area contributed by atoms with Crippen molar-refractivity contribution in [1.29, 1.82) is 0 Å². The molecule has 0 saturated heterocycles. The van der Waals surface area contributed by atoms with Crippen molar-refractivity contribution in [3.05, 3.63) is 29.3 Å². The third-order valence-corrected chi connectivity index (χ3v) is 3.76. The molecular weight excluding hydrogens is 238 g/mol. The Hall–Kier alpha value is -1.35. The number of rotatable bonds is 3. The molecule has 104 valence electrons. The number of carbonyl (C=O) groups excluding carboxylic acids is 1. The Morgan fingerprint density at radius 3 is 2.74 bits per heavy atom. The molecule has 0 spiro atoms. The van der Waals surface area contributed by atoms with E-state index in [0.29, 0.717) is 12.3 Å². The number of carbonyl (C=O) groups is 1. The van der Waals surface area contributed by atoms with Crippen LogP contribution in [0.2, 0.25) is 0 Å². The summed E-state index contributed by atoms with van der Waals surface area (Å²) in [4.78, 5) is 13.6. The molecule has 1 N–H and O–H groups in total. The first-order chi connectivity index (χ1) is 8.99. The van der Waals surface area contributed by atoms with E-state index in [2.05, 4.69) is 19.9 Å². The lowest BCUT2D eigenvalue weighted by atomic mass is 9.96. The zero-order valence-electron chi connectivity index (χ0n) is 12.0. The van der Waals surface area contributed by atoms with Crippen LogP contribution in [0.15, 0.2) is 18.2 Å². The van der Waals surface area contributed by atoms with Crippen molar-refractivity contribution in [3.8, 4) is 0 Å². The number of anilines is 1. The topological polar surface area (TPSA) is 40.5 Å².